The predicted molar refractivity (Wildman–Crippen MR) is 112 cm³/mol. The van der Waals surface area contributed by atoms with Crippen LogP contribution in [0.15, 0.2) is 18.2 Å². The summed E-state index contributed by atoms with van der Waals surface area (Å²) in [7, 11) is 0. The third-order valence-electron chi connectivity index (χ3n) is 6.33. The molecule has 3 fully saturated rings. The highest BCUT2D eigenvalue weighted by Crippen LogP contribution is 2.47. The minimum atomic E-state index is -0.486. The average molecular weight is 415 g/mol. The number of ether oxygens (including phenoxy) is 2. The zero-order chi connectivity index (χ0) is 20.6. The highest BCUT2D eigenvalue weighted by molar-refractivity contribution is 5.92. The highest BCUT2D eigenvalue weighted by atomic mass is 16.7. The van der Waals surface area contributed by atoms with E-state index in [1.54, 1.807) is 0 Å². The van der Waals surface area contributed by atoms with E-state index < -0.39 is 5.79 Å². The van der Waals surface area contributed by atoms with Crippen molar-refractivity contribution in [2.45, 2.75) is 50.4 Å². The zero-order valence-electron chi connectivity index (χ0n) is 17.3. The number of hydrogen-bond acceptors (Lipinski definition) is 6. The third kappa shape index (κ3) is 4.54. The van der Waals surface area contributed by atoms with Crippen LogP contribution in [0.2, 0.25) is 0 Å². The third-order valence-corrected chi connectivity index (χ3v) is 6.33. The molecule has 0 aromatic heterocycles. The number of carbonyl (C=O) groups is 2. The predicted octanol–water partition coefficient (Wildman–Crippen LogP) is 1.56. The summed E-state index contributed by atoms with van der Waals surface area (Å²) >= 11 is 0. The molecule has 1 aromatic carbocycles. The van der Waals surface area contributed by atoms with Crippen LogP contribution in [0.4, 0.5) is 5.69 Å². The van der Waals surface area contributed by atoms with Crippen LogP contribution in [-0.2, 0) is 9.59 Å². The summed E-state index contributed by atoms with van der Waals surface area (Å²) in [4.78, 5) is 28.7. The average Bonchev–Trinajstić information content (AvgIpc) is 3.29. The van der Waals surface area contributed by atoms with Crippen molar-refractivity contribution in [2.24, 2.45) is 0 Å². The summed E-state index contributed by atoms with van der Waals surface area (Å²) in [6.45, 7) is 3.98. The Kier molecular flexibility index (Phi) is 5.28. The van der Waals surface area contributed by atoms with Gasteiger partial charge in [0.25, 0.3) is 5.79 Å². The van der Waals surface area contributed by atoms with Gasteiger partial charge in [0, 0.05) is 56.8 Å². The zero-order valence-corrected chi connectivity index (χ0v) is 17.3. The fraction of sp³-hybridized carbons (Fsp3) is 0.636. The van der Waals surface area contributed by atoms with E-state index in [2.05, 4.69) is 20.4 Å². The summed E-state index contributed by atoms with van der Waals surface area (Å²) in [6.07, 6.45) is 6.29. The molecule has 2 heterocycles. The molecule has 0 radical (unpaired) electrons. The molecule has 2 N–H and O–H groups in total. The van der Waals surface area contributed by atoms with Gasteiger partial charge in [-0.05, 0) is 37.8 Å². The summed E-state index contributed by atoms with van der Waals surface area (Å²) in [6, 6.07) is 6.01. The van der Waals surface area contributed by atoms with Crippen molar-refractivity contribution in [3.63, 3.8) is 0 Å². The molecule has 1 spiro atoms. The summed E-state index contributed by atoms with van der Waals surface area (Å²) in [5, 5.41) is 6.00. The van der Waals surface area contributed by atoms with E-state index in [9.17, 15) is 9.59 Å². The number of benzene rings is 1. The number of anilines is 1. The van der Waals surface area contributed by atoms with E-state index in [0.29, 0.717) is 24.9 Å². The number of rotatable bonds is 6. The van der Waals surface area contributed by atoms with Crippen LogP contribution >= 0.6 is 0 Å². The van der Waals surface area contributed by atoms with Gasteiger partial charge in [0.15, 0.2) is 11.5 Å². The Hall–Kier alpha value is -2.32. The minimum absolute atomic E-state index is 0.0376. The lowest BCUT2D eigenvalue weighted by molar-refractivity contribution is -0.123. The SMILES string of the molecule is O=C(CN1CCN(CC(=O)NC2CC2)CC1)Nc1ccc2c(c1)OC1(CCCC1)O2. The Morgan fingerprint density at radius 2 is 1.57 bits per heavy atom. The first-order chi connectivity index (χ1) is 14.6. The van der Waals surface area contributed by atoms with Crippen molar-refractivity contribution >= 4 is 17.5 Å². The maximum Gasteiger partial charge on any atom is 0.251 e. The summed E-state index contributed by atoms with van der Waals surface area (Å²) in [5.41, 5.74) is 0.729. The lowest BCUT2D eigenvalue weighted by Crippen LogP contribution is -2.51. The maximum absolute atomic E-state index is 12.5. The van der Waals surface area contributed by atoms with Crippen molar-refractivity contribution in [1.82, 2.24) is 15.1 Å². The molecule has 30 heavy (non-hydrogen) atoms. The molecule has 2 saturated carbocycles. The van der Waals surface area contributed by atoms with Crippen LogP contribution in [0.3, 0.4) is 0 Å². The van der Waals surface area contributed by atoms with Crippen molar-refractivity contribution in [3.05, 3.63) is 18.2 Å². The Morgan fingerprint density at radius 1 is 0.933 bits per heavy atom. The molecule has 0 unspecified atom stereocenters. The number of carbonyl (C=O) groups excluding carboxylic acids is 2. The second-order valence-corrected chi connectivity index (χ2v) is 8.93. The number of piperazine rings is 1. The first kappa shape index (κ1) is 19.6. The Bertz CT molecular complexity index is 811. The number of nitrogens with one attached hydrogen (secondary N) is 2. The molecule has 2 aliphatic carbocycles. The molecule has 1 aromatic rings. The number of hydrogen-bond donors (Lipinski definition) is 2. The van der Waals surface area contributed by atoms with Crippen molar-refractivity contribution in [1.29, 1.82) is 0 Å². The molecule has 4 aliphatic rings. The molecule has 0 atom stereocenters. The van der Waals surface area contributed by atoms with Crippen LogP contribution in [0.5, 0.6) is 11.5 Å². The topological polar surface area (TPSA) is 83.1 Å². The molecule has 8 heteroatoms. The van der Waals surface area contributed by atoms with E-state index in [-0.39, 0.29) is 11.8 Å². The monoisotopic (exact) mass is 414 g/mol. The Balaban J connectivity index is 1.07. The molecule has 5 rings (SSSR count). The van der Waals surface area contributed by atoms with E-state index in [1.165, 1.54) is 0 Å². The molecule has 2 aliphatic heterocycles. The van der Waals surface area contributed by atoms with Crippen LogP contribution in [0.1, 0.15) is 38.5 Å². The van der Waals surface area contributed by atoms with Crippen LogP contribution in [-0.4, -0.2) is 72.7 Å². The summed E-state index contributed by atoms with van der Waals surface area (Å²) < 4.78 is 12.1. The molecular formula is C22H30N4O4. The van der Waals surface area contributed by atoms with Gasteiger partial charge in [0.2, 0.25) is 11.8 Å². The molecular weight excluding hydrogens is 384 g/mol. The first-order valence-corrected chi connectivity index (χ1v) is 11.1. The lowest BCUT2D eigenvalue weighted by Gasteiger charge is -2.33. The molecule has 162 valence electrons. The molecule has 8 nitrogen and oxygen atoms in total. The minimum Gasteiger partial charge on any atom is -0.448 e. The standard InChI is InChI=1S/C22H30N4O4/c27-20(23-16-3-4-16)14-25-9-11-26(12-10-25)15-21(28)24-17-5-6-18-19(13-17)30-22(29-18)7-1-2-8-22/h5-6,13,16H,1-4,7-12,14-15H2,(H,23,27)(H,24,28). The first-order valence-electron chi connectivity index (χ1n) is 11.1. The van der Waals surface area contributed by atoms with E-state index >= 15 is 0 Å². The Labute approximate surface area is 176 Å². The molecule has 2 amide bonds. The van der Waals surface area contributed by atoms with E-state index in [0.717, 1.165) is 76.1 Å². The molecule has 0 bridgehead atoms. The van der Waals surface area contributed by atoms with Crippen molar-refractivity contribution < 1.29 is 19.1 Å². The smallest absolute Gasteiger partial charge is 0.251 e. The van der Waals surface area contributed by atoms with Gasteiger partial charge in [-0.25, -0.2) is 0 Å². The fourth-order valence-electron chi connectivity index (χ4n) is 4.50. The quantitative estimate of drug-likeness (QED) is 0.735. The Morgan fingerprint density at radius 3 is 2.23 bits per heavy atom. The van der Waals surface area contributed by atoms with Gasteiger partial charge < -0.3 is 20.1 Å². The van der Waals surface area contributed by atoms with Gasteiger partial charge >= 0.3 is 0 Å². The van der Waals surface area contributed by atoms with Crippen molar-refractivity contribution in [2.75, 3.05) is 44.6 Å². The van der Waals surface area contributed by atoms with Gasteiger partial charge in [0.1, 0.15) is 0 Å². The van der Waals surface area contributed by atoms with Gasteiger partial charge in [0.05, 0.1) is 13.1 Å². The number of amides is 2. The second-order valence-electron chi connectivity index (χ2n) is 8.93. The van der Waals surface area contributed by atoms with Gasteiger partial charge in [-0.3, -0.25) is 19.4 Å². The van der Waals surface area contributed by atoms with Gasteiger partial charge in [-0.15, -0.1) is 0 Å². The summed E-state index contributed by atoms with van der Waals surface area (Å²) in [5.74, 6) is 1.07. The maximum atomic E-state index is 12.5. The highest BCUT2D eigenvalue weighted by Gasteiger charge is 2.44. The van der Waals surface area contributed by atoms with Crippen molar-refractivity contribution in [3.8, 4) is 11.5 Å². The normalized spacial score (nSPS) is 22.9. The van der Waals surface area contributed by atoms with Crippen LogP contribution < -0.4 is 20.1 Å². The van der Waals surface area contributed by atoms with Gasteiger partial charge in [-0.1, -0.05) is 0 Å². The van der Waals surface area contributed by atoms with Crippen LogP contribution in [0, 0.1) is 0 Å². The molecule has 1 saturated heterocycles. The lowest BCUT2D eigenvalue weighted by atomic mass is 10.2. The largest absolute Gasteiger partial charge is 0.448 e. The number of nitrogens with zero attached hydrogens (tertiary/aromatic N) is 2. The second kappa shape index (κ2) is 8.07. The number of fused-ring (bicyclic) bond motifs is 1. The fourth-order valence-corrected chi connectivity index (χ4v) is 4.50. The van der Waals surface area contributed by atoms with E-state index in [4.69, 9.17) is 9.47 Å². The van der Waals surface area contributed by atoms with Gasteiger partial charge in [-0.2, -0.15) is 0 Å². The van der Waals surface area contributed by atoms with Crippen LogP contribution in [0.25, 0.3) is 0 Å². The van der Waals surface area contributed by atoms with E-state index in [1.807, 2.05) is 18.2 Å².